The third-order valence-electron chi connectivity index (χ3n) is 9.16. The SMILES string of the molecule is [2H]c1c([2H])c([2H])c2c(sc3c2c([2H])c([2H])c2c4c([2H])c([2H])c([2H])c([2H])c4n(-c4nc(-c5ccccc5)nc(-c5ccc6c(c5)oc5cccc(-c7ccccc7)c56)n4)c32)c1[2H]. The molecule has 0 fully saturated rings. The predicted molar refractivity (Wildman–Crippen MR) is 211 cm³/mol. The lowest BCUT2D eigenvalue weighted by Gasteiger charge is -2.11. The minimum absolute atomic E-state index is 0.0282. The maximum Gasteiger partial charge on any atom is 0.238 e. The van der Waals surface area contributed by atoms with Crippen LogP contribution in [0.3, 0.4) is 0 Å². The highest BCUT2D eigenvalue weighted by atomic mass is 32.1. The number of aromatic nitrogens is 4. The Balaban J connectivity index is 1.27. The van der Waals surface area contributed by atoms with Gasteiger partial charge in [0, 0.05) is 48.1 Å². The summed E-state index contributed by atoms with van der Waals surface area (Å²) in [6.07, 6.45) is 0. The molecule has 0 amide bonds. The topological polar surface area (TPSA) is 56.7 Å². The van der Waals surface area contributed by atoms with E-state index in [1.165, 1.54) is 4.57 Å². The maximum atomic E-state index is 9.40. The quantitative estimate of drug-likeness (QED) is 0.186. The van der Waals surface area contributed by atoms with Gasteiger partial charge in [-0.2, -0.15) is 9.97 Å². The molecule has 0 spiro atoms. The Bertz CT molecular complexity index is 3720. The lowest BCUT2D eigenvalue weighted by atomic mass is 9.99. The number of para-hydroxylation sites is 1. The van der Waals surface area contributed by atoms with Crippen LogP contribution in [0.5, 0.6) is 0 Å². The Morgan fingerprint density at radius 2 is 1.27 bits per heavy atom. The zero-order valence-electron chi connectivity index (χ0n) is 36.3. The summed E-state index contributed by atoms with van der Waals surface area (Å²) in [6, 6.07) is 26.5. The lowest BCUT2D eigenvalue weighted by molar-refractivity contribution is 0.669. The zero-order valence-corrected chi connectivity index (χ0v) is 27.2. The minimum Gasteiger partial charge on any atom is -0.456 e. The van der Waals surface area contributed by atoms with Crippen LogP contribution in [0, 0.1) is 0 Å². The van der Waals surface area contributed by atoms with Crippen LogP contribution in [0.15, 0.2) is 162 Å². The molecule has 0 saturated heterocycles. The average Bonchev–Trinajstić information content (AvgIpc) is 3.99. The average molecular weight is 681 g/mol. The molecule has 0 aliphatic carbocycles. The molecular formula is C45H26N4OS. The van der Waals surface area contributed by atoms with Crippen molar-refractivity contribution >= 4 is 75.3 Å². The summed E-state index contributed by atoms with van der Waals surface area (Å²) in [4.78, 5) is 14.9. The molecule has 7 aromatic carbocycles. The Kier molecular flexibility index (Phi) is 4.32. The van der Waals surface area contributed by atoms with Crippen molar-refractivity contribution in [1.82, 2.24) is 19.5 Å². The van der Waals surface area contributed by atoms with Gasteiger partial charge < -0.3 is 4.42 Å². The van der Waals surface area contributed by atoms with Crippen molar-refractivity contribution in [3.8, 4) is 39.9 Å². The first-order valence-electron chi connectivity index (χ1n) is 21.1. The number of hydrogen-bond acceptors (Lipinski definition) is 5. The molecule has 0 bridgehead atoms. The molecule has 11 aromatic rings. The summed E-state index contributed by atoms with van der Waals surface area (Å²) in [5.41, 5.74) is 4.63. The van der Waals surface area contributed by atoms with E-state index in [-0.39, 0.29) is 83.7 Å². The molecule has 11 rings (SSSR count). The summed E-state index contributed by atoms with van der Waals surface area (Å²) in [5.74, 6) is 0.393. The van der Waals surface area contributed by atoms with E-state index in [1.807, 2.05) is 91.0 Å². The van der Waals surface area contributed by atoms with Crippen molar-refractivity contribution in [3.63, 3.8) is 0 Å². The standard InChI is InChI=1S/C45H26N4OS/c1-3-12-27(13-4-1)30-18-11-20-37-40(30)35-23-22-29(26-38(35)50-37)44-46-43(28-14-5-2-6-15-28)47-45(48-44)49-36-19-9-7-16-31(36)33-24-25-34-32-17-8-10-21-39(32)51-42(34)41(33)49/h1-26H/i7D,8D,9D,10D,16D,17D,19D,21D,24D,25D. The van der Waals surface area contributed by atoms with Crippen LogP contribution < -0.4 is 0 Å². The molecule has 51 heavy (non-hydrogen) atoms. The van der Waals surface area contributed by atoms with E-state index in [4.69, 9.17) is 29.0 Å². The fraction of sp³-hybridized carbons (Fsp3) is 0. The monoisotopic (exact) mass is 680 g/mol. The second-order valence-electron chi connectivity index (χ2n) is 12.0. The first-order chi connectivity index (χ1) is 29.4. The van der Waals surface area contributed by atoms with Crippen LogP contribution >= 0.6 is 11.3 Å². The molecule has 0 aliphatic rings. The van der Waals surface area contributed by atoms with E-state index in [0.717, 1.165) is 33.2 Å². The van der Waals surface area contributed by atoms with Gasteiger partial charge in [-0.15, -0.1) is 11.3 Å². The van der Waals surface area contributed by atoms with Crippen molar-refractivity contribution in [3.05, 3.63) is 157 Å². The highest BCUT2D eigenvalue weighted by Gasteiger charge is 2.22. The molecule has 0 aliphatic heterocycles. The number of benzene rings is 7. The van der Waals surface area contributed by atoms with E-state index >= 15 is 0 Å². The highest BCUT2D eigenvalue weighted by Crippen LogP contribution is 2.43. The highest BCUT2D eigenvalue weighted by molar-refractivity contribution is 7.26. The smallest absolute Gasteiger partial charge is 0.238 e. The molecule has 6 heteroatoms. The molecule has 0 radical (unpaired) electrons. The fourth-order valence-corrected chi connectivity index (χ4v) is 8.00. The maximum absolute atomic E-state index is 9.40. The summed E-state index contributed by atoms with van der Waals surface area (Å²) in [5, 5.41) is 1.99. The van der Waals surface area contributed by atoms with Crippen molar-refractivity contribution < 1.29 is 18.1 Å². The molecule has 4 heterocycles. The van der Waals surface area contributed by atoms with E-state index in [0.29, 0.717) is 22.3 Å². The van der Waals surface area contributed by atoms with E-state index < -0.39 is 36.3 Å². The van der Waals surface area contributed by atoms with Gasteiger partial charge in [0.2, 0.25) is 5.95 Å². The van der Waals surface area contributed by atoms with Gasteiger partial charge in [-0.3, -0.25) is 4.57 Å². The Labute approximate surface area is 309 Å². The third kappa shape index (κ3) is 4.30. The van der Waals surface area contributed by atoms with E-state index in [2.05, 4.69) is 6.07 Å². The largest absolute Gasteiger partial charge is 0.456 e. The fourth-order valence-electron chi connectivity index (χ4n) is 6.90. The molecular weight excluding hydrogens is 645 g/mol. The van der Waals surface area contributed by atoms with Crippen LogP contribution in [0.2, 0.25) is 0 Å². The summed E-state index contributed by atoms with van der Waals surface area (Å²) in [6.45, 7) is 0. The van der Waals surface area contributed by atoms with Crippen LogP contribution in [0.4, 0.5) is 0 Å². The van der Waals surface area contributed by atoms with Crippen LogP contribution in [-0.2, 0) is 0 Å². The second kappa shape index (κ2) is 10.9. The van der Waals surface area contributed by atoms with E-state index in [1.54, 1.807) is 0 Å². The number of hydrogen-bond donors (Lipinski definition) is 0. The van der Waals surface area contributed by atoms with Crippen molar-refractivity contribution in [2.24, 2.45) is 0 Å². The Hall–Kier alpha value is -6.63. The van der Waals surface area contributed by atoms with Gasteiger partial charge in [0.25, 0.3) is 0 Å². The molecule has 5 nitrogen and oxygen atoms in total. The van der Waals surface area contributed by atoms with Crippen molar-refractivity contribution in [1.29, 1.82) is 0 Å². The molecule has 4 aromatic heterocycles. The zero-order chi connectivity index (χ0) is 42.2. The van der Waals surface area contributed by atoms with Crippen LogP contribution in [-0.4, -0.2) is 19.5 Å². The van der Waals surface area contributed by atoms with Gasteiger partial charge in [-0.1, -0.05) is 127 Å². The van der Waals surface area contributed by atoms with Crippen LogP contribution in [0.25, 0.3) is 104 Å². The Morgan fingerprint density at radius 1 is 0.549 bits per heavy atom. The first-order valence-corrected chi connectivity index (χ1v) is 16.9. The molecule has 0 atom stereocenters. The van der Waals surface area contributed by atoms with Crippen molar-refractivity contribution in [2.45, 2.75) is 0 Å². The summed E-state index contributed by atoms with van der Waals surface area (Å²) < 4.78 is 97.3. The number of furan rings is 1. The molecule has 238 valence electrons. The van der Waals surface area contributed by atoms with Gasteiger partial charge in [0.05, 0.1) is 29.4 Å². The lowest BCUT2D eigenvalue weighted by Crippen LogP contribution is -2.06. The van der Waals surface area contributed by atoms with Gasteiger partial charge >= 0.3 is 0 Å². The normalized spacial score (nSPS) is 14.7. The number of rotatable bonds is 4. The minimum atomic E-state index is -0.533. The van der Waals surface area contributed by atoms with Crippen LogP contribution in [0.1, 0.15) is 13.7 Å². The number of thiophene rings is 1. The van der Waals surface area contributed by atoms with Gasteiger partial charge in [0.15, 0.2) is 11.6 Å². The number of nitrogens with zero attached hydrogens (tertiary/aromatic N) is 4. The molecule has 0 saturated carbocycles. The van der Waals surface area contributed by atoms with Gasteiger partial charge in [-0.25, -0.2) is 4.98 Å². The number of fused-ring (bicyclic) bond motifs is 10. The second-order valence-corrected chi connectivity index (χ2v) is 13.1. The summed E-state index contributed by atoms with van der Waals surface area (Å²) >= 11 is 0.991. The van der Waals surface area contributed by atoms with Gasteiger partial charge in [-0.05, 0) is 41.4 Å². The molecule has 0 unspecified atom stereocenters. The van der Waals surface area contributed by atoms with Gasteiger partial charge in [0.1, 0.15) is 11.2 Å². The summed E-state index contributed by atoms with van der Waals surface area (Å²) in [7, 11) is 0. The van der Waals surface area contributed by atoms with E-state index in [9.17, 15) is 4.11 Å². The Morgan fingerprint density at radius 3 is 2.12 bits per heavy atom. The van der Waals surface area contributed by atoms with Crippen molar-refractivity contribution in [2.75, 3.05) is 0 Å². The third-order valence-corrected chi connectivity index (χ3v) is 10.3. The first kappa shape index (κ1) is 20.1. The predicted octanol–water partition coefficient (Wildman–Crippen LogP) is 12.2. The molecule has 0 N–H and O–H groups in total.